The van der Waals surface area contributed by atoms with Gasteiger partial charge in [-0.3, -0.25) is 0 Å². The van der Waals surface area contributed by atoms with Crippen molar-refractivity contribution in [1.29, 1.82) is 0 Å². The molecule has 0 saturated carbocycles. The maximum absolute atomic E-state index is 8.80. The van der Waals surface area contributed by atoms with Gasteiger partial charge in [0, 0.05) is 19.2 Å². The quantitative estimate of drug-likeness (QED) is 0.822. The molecule has 15 heavy (non-hydrogen) atoms. The van der Waals surface area contributed by atoms with Gasteiger partial charge in [-0.15, -0.1) is 0 Å². The summed E-state index contributed by atoms with van der Waals surface area (Å²) in [4.78, 5) is 0. The van der Waals surface area contributed by atoms with Crippen LogP contribution in [0.25, 0.3) is 5.69 Å². The molecule has 0 bridgehead atoms. The SMILES string of the molecule is Cc1ccccc1-n1ccc(CCO)n1. The molecule has 1 aromatic heterocycles. The topological polar surface area (TPSA) is 38.0 Å². The monoisotopic (exact) mass is 202 g/mol. The molecule has 0 unspecified atom stereocenters. The normalized spacial score (nSPS) is 10.5. The van der Waals surface area contributed by atoms with Gasteiger partial charge >= 0.3 is 0 Å². The first kappa shape index (κ1) is 9.93. The Morgan fingerprint density at radius 3 is 2.80 bits per heavy atom. The maximum Gasteiger partial charge on any atom is 0.0674 e. The highest BCUT2D eigenvalue weighted by Gasteiger charge is 2.02. The molecule has 2 aromatic rings. The van der Waals surface area contributed by atoms with Crippen molar-refractivity contribution in [2.24, 2.45) is 0 Å². The van der Waals surface area contributed by atoms with Crippen molar-refractivity contribution in [2.75, 3.05) is 6.61 Å². The van der Waals surface area contributed by atoms with E-state index in [4.69, 9.17) is 5.11 Å². The average molecular weight is 202 g/mol. The van der Waals surface area contributed by atoms with Crippen LogP contribution in [0, 0.1) is 6.92 Å². The number of aryl methyl sites for hydroxylation is 1. The van der Waals surface area contributed by atoms with Gasteiger partial charge in [0.15, 0.2) is 0 Å². The van der Waals surface area contributed by atoms with Crippen LogP contribution >= 0.6 is 0 Å². The number of aliphatic hydroxyl groups excluding tert-OH is 1. The number of aliphatic hydroxyl groups is 1. The van der Waals surface area contributed by atoms with E-state index in [1.54, 1.807) is 0 Å². The molecule has 78 valence electrons. The van der Waals surface area contributed by atoms with Gasteiger partial charge in [0.25, 0.3) is 0 Å². The second-order valence-electron chi connectivity index (χ2n) is 3.51. The zero-order chi connectivity index (χ0) is 10.7. The number of hydrogen-bond donors (Lipinski definition) is 1. The minimum atomic E-state index is 0.144. The van der Waals surface area contributed by atoms with E-state index < -0.39 is 0 Å². The molecular weight excluding hydrogens is 188 g/mol. The van der Waals surface area contributed by atoms with E-state index >= 15 is 0 Å². The van der Waals surface area contributed by atoms with Gasteiger partial charge in [0.1, 0.15) is 0 Å². The molecule has 1 N–H and O–H groups in total. The lowest BCUT2D eigenvalue weighted by Gasteiger charge is -2.04. The second kappa shape index (κ2) is 4.28. The molecule has 0 amide bonds. The van der Waals surface area contributed by atoms with E-state index in [-0.39, 0.29) is 6.61 Å². The van der Waals surface area contributed by atoms with Crippen molar-refractivity contribution in [2.45, 2.75) is 13.3 Å². The van der Waals surface area contributed by atoms with Crippen LogP contribution in [0.3, 0.4) is 0 Å². The molecule has 0 fully saturated rings. The molecule has 1 aromatic carbocycles. The van der Waals surface area contributed by atoms with E-state index in [0.29, 0.717) is 6.42 Å². The lowest BCUT2D eigenvalue weighted by Crippen LogP contribution is -1.99. The highest BCUT2D eigenvalue weighted by molar-refractivity contribution is 5.39. The fraction of sp³-hybridized carbons (Fsp3) is 0.250. The van der Waals surface area contributed by atoms with Crippen LogP contribution in [-0.2, 0) is 6.42 Å². The Labute approximate surface area is 89.0 Å². The maximum atomic E-state index is 8.80. The van der Waals surface area contributed by atoms with E-state index in [0.717, 1.165) is 11.4 Å². The summed E-state index contributed by atoms with van der Waals surface area (Å²) in [6.07, 6.45) is 2.53. The fourth-order valence-electron chi connectivity index (χ4n) is 1.56. The number of aromatic nitrogens is 2. The summed E-state index contributed by atoms with van der Waals surface area (Å²) in [5, 5.41) is 13.2. The molecule has 3 heteroatoms. The number of benzene rings is 1. The second-order valence-corrected chi connectivity index (χ2v) is 3.51. The van der Waals surface area contributed by atoms with Gasteiger partial charge in [-0.2, -0.15) is 5.10 Å². The molecule has 0 spiro atoms. The van der Waals surface area contributed by atoms with Crippen LogP contribution in [0.15, 0.2) is 36.5 Å². The summed E-state index contributed by atoms with van der Waals surface area (Å²) in [6.45, 7) is 2.20. The predicted molar refractivity (Wildman–Crippen MR) is 59.1 cm³/mol. The summed E-state index contributed by atoms with van der Waals surface area (Å²) in [5.74, 6) is 0. The number of nitrogens with zero attached hydrogens (tertiary/aromatic N) is 2. The Morgan fingerprint density at radius 2 is 2.07 bits per heavy atom. The van der Waals surface area contributed by atoms with Crippen LogP contribution in [0.2, 0.25) is 0 Å². The van der Waals surface area contributed by atoms with Gasteiger partial charge in [0.2, 0.25) is 0 Å². The van der Waals surface area contributed by atoms with Gasteiger partial charge in [0.05, 0.1) is 11.4 Å². The summed E-state index contributed by atoms with van der Waals surface area (Å²) in [6, 6.07) is 10.0. The van der Waals surface area contributed by atoms with Crippen molar-refractivity contribution >= 4 is 0 Å². The molecule has 1 heterocycles. The molecule has 0 saturated heterocycles. The average Bonchev–Trinajstić information content (AvgIpc) is 2.68. The minimum Gasteiger partial charge on any atom is -0.396 e. The van der Waals surface area contributed by atoms with Crippen LogP contribution in [-0.4, -0.2) is 21.5 Å². The number of hydrogen-bond acceptors (Lipinski definition) is 2. The Balaban J connectivity index is 2.33. The highest BCUT2D eigenvalue weighted by Crippen LogP contribution is 2.12. The van der Waals surface area contributed by atoms with E-state index in [1.807, 2.05) is 35.1 Å². The third kappa shape index (κ3) is 2.07. The molecule has 0 radical (unpaired) electrons. The minimum absolute atomic E-state index is 0.144. The molecule has 3 nitrogen and oxygen atoms in total. The van der Waals surface area contributed by atoms with Crippen LogP contribution in [0.5, 0.6) is 0 Å². The first-order valence-electron chi connectivity index (χ1n) is 5.02. The molecule has 0 atom stereocenters. The van der Waals surface area contributed by atoms with Gasteiger partial charge in [-0.1, -0.05) is 18.2 Å². The Kier molecular flexibility index (Phi) is 2.83. The third-order valence-electron chi connectivity index (χ3n) is 2.37. The zero-order valence-electron chi connectivity index (χ0n) is 8.72. The Bertz CT molecular complexity index is 448. The summed E-state index contributed by atoms with van der Waals surface area (Å²) in [7, 11) is 0. The van der Waals surface area contributed by atoms with Gasteiger partial charge in [-0.25, -0.2) is 4.68 Å². The van der Waals surface area contributed by atoms with Crippen molar-refractivity contribution in [3.63, 3.8) is 0 Å². The number of rotatable bonds is 3. The summed E-state index contributed by atoms with van der Waals surface area (Å²) >= 11 is 0. The predicted octanol–water partition coefficient (Wildman–Crippen LogP) is 1.72. The van der Waals surface area contributed by atoms with Crippen molar-refractivity contribution in [3.05, 3.63) is 47.8 Å². The third-order valence-corrected chi connectivity index (χ3v) is 2.37. The Morgan fingerprint density at radius 1 is 1.27 bits per heavy atom. The van der Waals surface area contributed by atoms with E-state index in [2.05, 4.69) is 18.1 Å². The lowest BCUT2D eigenvalue weighted by atomic mass is 10.2. The van der Waals surface area contributed by atoms with Crippen molar-refractivity contribution in [3.8, 4) is 5.69 Å². The van der Waals surface area contributed by atoms with Crippen LogP contribution in [0.1, 0.15) is 11.3 Å². The lowest BCUT2D eigenvalue weighted by molar-refractivity contribution is 0.298. The fourth-order valence-corrected chi connectivity index (χ4v) is 1.56. The Hall–Kier alpha value is -1.61. The van der Waals surface area contributed by atoms with Crippen LogP contribution < -0.4 is 0 Å². The van der Waals surface area contributed by atoms with Crippen molar-refractivity contribution in [1.82, 2.24) is 9.78 Å². The standard InChI is InChI=1S/C12H14N2O/c1-10-4-2-3-5-12(10)14-8-6-11(13-14)7-9-15/h2-6,8,15H,7,9H2,1H3. The zero-order valence-corrected chi connectivity index (χ0v) is 8.72. The van der Waals surface area contributed by atoms with E-state index in [1.165, 1.54) is 5.56 Å². The summed E-state index contributed by atoms with van der Waals surface area (Å²) in [5.41, 5.74) is 3.19. The highest BCUT2D eigenvalue weighted by atomic mass is 16.3. The van der Waals surface area contributed by atoms with Gasteiger partial charge < -0.3 is 5.11 Å². The largest absolute Gasteiger partial charge is 0.396 e. The van der Waals surface area contributed by atoms with Gasteiger partial charge in [-0.05, 0) is 24.6 Å². The first-order valence-corrected chi connectivity index (χ1v) is 5.02. The number of para-hydroxylation sites is 1. The summed E-state index contributed by atoms with van der Waals surface area (Å²) < 4.78 is 1.85. The first-order chi connectivity index (χ1) is 7.31. The molecular formula is C12H14N2O. The van der Waals surface area contributed by atoms with Crippen molar-refractivity contribution < 1.29 is 5.11 Å². The van der Waals surface area contributed by atoms with E-state index in [9.17, 15) is 0 Å². The molecule has 0 aliphatic carbocycles. The van der Waals surface area contributed by atoms with Crippen LogP contribution in [0.4, 0.5) is 0 Å². The molecule has 0 aliphatic rings. The smallest absolute Gasteiger partial charge is 0.0674 e. The molecule has 0 aliphatic heterocycles. The molecule has 2 rings (SSSR count).